The normalized spacial score (nSPS) is 16.9. The standard InChI is InChI=1S/C15H19N3O3S/c1-10(11-4-5-11)15-16-14(17-21-15)12-6-8-13(9-7-12)22(19,20)18(2)3/h6-11H,4-5H2,1-3H3/t10-/m1/s1. The number of hydrogen-bond acceptors (Lipinski definition) is 5. The van der Waals surface area contributed by atoms with Crippen molar-refractivity contribution in [3.8, 4) is 11.4 Å². The fraction of sp³-hybridized carbons (Fsp3) is 0.467. The molecule has 7 heteroatoms. The van der Waals surface area contributed by atoms with Crippen LogP contribution in [0.25, 0.3) is 11.4 Å². The van der Waals surface area contributed by atoms with Crippen molar-refractivity contribution in [3.05, 3.63) is 30.2 Å². The summed E-state index contributed by atoms with van der Waals surface area (Å²) < 4.78 is 30.6. The van der Waals surface area contributed by atoms with Crippen molar-refractivity contribution in [1.29, 1.82) is 0 Å². The highest BCUT2D eigenvalue weighted by Crippen LogP contribution is 2.41. The zero-order valence-electron chi connectivity index (χ0n) is 12.9. The van der Waals surface area contributed by atoms with Crippen LogP contribution in [0.4, 0.5) is 0 Å². The first-order valence-corrected chi connectivity index (χ1v) is 8.70. The molecule has 1 atom stereocenters. The third-order valence-electron chi connectivity index (χ3n) is 4.05. The van der Waals surface area contributed by atoms with Gasteiger partial charge in [0.05, 0.1) is 4.90 Å². The van der Waals surface area contributed by atoms with Gasteiger partial charge in [-0.3, -0.25) is 0 Å². The van der Waals surface area contributed by atoms with Crippen molar-refractivity contribution in [2.45, 2.75) is 30.6 Å². The van der Waals surface area contributed by atoms with Gasteiger partial charge in [-0.2, -0.15) is 4.98 Å². The van der Waals surface area contributed by atoms with E-state index in [1.165, 1.54) is 31.2 Å². The van der Waals surface area contributed by atoms with Crippen LogP contribution in [0, 0.1) is 5.92 Å². The van der Waals surface area contributed by atoms with Gasteiger partial charge in [-0.1, -0.05) is 12.1 Å². The quantitative estimate of drug-likeness (QED) is 0.845. The molecule has 1 saturated carbocycles. The average molecular weight is 321 g/mol. The maximum Gasteiger partial charge on any atom is 0.242 e. The van der Waals surface area contributed by atoms with Crippen LogP contribution in [0.5, 0.6) is 0 Å². The molecule has 22 heavy (non-hydrogen) atoms. The first-order chi connectivity index (χ1) is 10.4. The van der Waals surface area contributed by atoms with Crippen molar-refractivity contribution in [2.75, 3.05) is 14.1 Å². The summed E-state index contributed by atoms with van der Waals surface area (Å²) in [5.74, 6) is 2.09. The molecule has 1 aliphatic carbocycles. The van der Waals surface area contributed by atoms with E-state index >= 15 is 0 Å². The van der Waals surface area contributed by atoms with E-state index in [9.17, 15) is 8.42 Å². The van der Waals surface area contributed by atoms with Crippen LogP contribution in [0.15, 0.2) is 33.7 Å². The van der Waals surface area contributed by atoms with Crippen molar-refractivity contribution >= 4 is 10.0 Å². The molecule has 1 aliphatic rings. The van der Waals surface area contributed by atoms with Gasteiger partial charge in [0.2, 0.25) is 21.7 Å². The molecule has 0 N–H and O–H groups in total. The second kappa shape index (κ2) is 5.48. The topological polar surface area (TPSA) is 76.3 Å². The Morgan fingerprint density at radius 2 is 1.86 bits per heavy atom. The highest BCUT2D eigenvalue weighted by atomic mass is 32.2. The molecule has 2 aromatic rings. The zero-order chi connectivity index (χ0) is 15.9. The predicted octanol–water partition coefficient (Wildman–Crippen LogP) is 2.50. The van der Waals surface area contributed by atoms with Crippen LogP contribution in [0.2, 0.25) is 0 Å². The molecule has 0 amide bonds. The average Bonchev–Trinajstić information content (AvgIpc) is 3.23. The van der Waals surface area contributed by atoms with Crippen LogP contribution in [0.3, 0.4) is 0 Å². The van der Waals surface area contributed by atoms with E-state index in [2.05, 4.69) is 17.1 Å². The molecule has 0 spiro atoms. The van der Waals surface area contributed by atoms with Gasteiger partial charge in [0.1, 0.15) is 0 Å². The highest BCUT2D eigenvalue weighted by molar-refractivity contribution is 7.89. The first kappa shape index (κ1) is 15.2. The zero-order valence-corrected chi connectivity index (χ0v) is 13.7. The summed E-state index contributed by atoms with van der Waals surface area (Å²) >= 11 is 0. The minimum Gasteiger partial charge on any atom is -0.339 e. The summed E-state index contributed by atoms with van der Waals surface area (Å²) in [7, 11) is -0.402. The lowest BCUT2D eigenvalue weighted by Crippen LogP contribution is -2.22. The number of benzene rings is 1. The van der Waals surface area contributed by atoms with E-state index in [0.29, 0.717) is 17.6 Å². The summed E-state index contributed by atoms with van der Waals surface area (Å²) in [6, 6.07) is 6.52. The molecule has 1 aromatic heterocycles. The lowest BCUT2D eigenvalue weighted by Gasteiger charge is -2.11. The lowest BCUT2D eigenvalue weighted by atomic mass is 10.1. The van der Waals surface area contributed by atoms with Crippen molar-refractivity contribution in [1.82, 2.24) is 14.4 Å². The molecular formula is C15H19N3O3S. The van der Waals surface area contributed by atoms with Crippen LogP contribution in [-0.4, -0.2) is 37.0 Å². The Balaban J connectivity index is 1.84. The van der Waals surface area contributed by atoms with Crippen LogP contribution >= 0.6 is 0 Å². The van der Waals surface area contributed by atoms with Crippen LogP contribution < -0.4 is 0 Å². The minimum absolute atomic E-state index is 0.247. The molecule has 1 heterocycles. The Bertz CT molecular complexity index is 762. The Morgan fingerprint density at radius 3 is 2.41 bits per heavy atom. The summed E-state index contributed by atoms with van der Waals surface area (Å²) in [6.45, 7) is 2.10. The van der Waals surface area contributed by atoms with Crippen LogP contribution in [0.1, 0.15) is 31.6 Å². The predicted molar refractivity (Wildman–Crippen MR) is 81.7 cm³/mol. The van der Waals surface area contributed by atoms with E-state index in [1.54, 1.807) is 24.3 Å². The summed E-state index contributed by atoms with van der Waals surface area (Å²) in [6.07, 6.45) is 2.44. The molecular weight excluding hydrogens is 302 g/mol. The van der Waals surface area contributed by atoms with E-state index in [1.807, 2.05) is 0 Å². The van der Waals surface area contributed by atoms with E-state index in [4.69, 9.17) is 4.52 Å². The summed E-state index contributed by atoms with van der Waals surface area (Å²) in [5.41, 5.74) is 0.746. The largest absolute Gasteiger partial charge is 0.339 e. The summed E-state index contributed by atoms with van der Waals surface area (Å²) in [5, 5.41) is 4.00. The maximum atomic E-state index is 12.0. The fourth-order valence-corrected chi connectivity index (χ4v) is 3.22. The molecule has 0 saturated heterocycles. The van der Waals surface area contributed by atoms with Gasteiger partial charge >= 0.3 is 0 Å². The third-order valence-corrected chi connectivity index (χ3v) is 5.88. The Kier molecular flexibility index (Phi) is 3.78. The lowest BCUT2D eigenvalue weighted by molar-refractivity contribution is 0.349. The highest BCUT2D eigenvalue weighted by Gasteiger charge is 2.32. The minimum atomic E-state index is -3.42. The van der Waals surface area contributed by atoms with E-state index in [0.717, 1.165) is 5.56 Å². The second-order valence-corrected chi connectivity index (χ2v) is 8.05. The molecule has 3 rings (SSSR count). The van der Waals surface area contributed by atoms with Gasteiger partial charge < -0.3 is 4.52 Å². The smallest absolute Gasteiger partial charge is 0.242 e. The van der Waals surface area contributed by atoms with Gasteiger partial charge in [-0.25, -0.2) is 12.7 Å². The van der Waals surface area contributed by atoms with Gasteiger partial charge in [-0.05, 0) is 43.0 Å². The first-order valence-electron chi connectivity index (χ1n) is 7.26. The molecule has 1 fully saturated rings. The van der Waals surface area contributed by atoms with Crippen molar-refractivity contribution in [3.63, 3.8) is 0 Å². The Hall–Kier alpha value is -1.73. The van der Waals surface area contributed by atoms with Gasteiger partial charge in [-0.15, -0.1) is 0 Å². The molecule has 118 valence electrons. The van der Waals surface area contributed by atoms with E-state index in [-0.39, 0.29) is 10.8 Å². The fourth-order valence-electron chi connectivity index (χ4n) is 2.32. The molecule has 1 aromatic carbocycles. The van der Waals surface area contributed by atoms with Crippen molar-refractivity contribution in [2.24, 2.45) is 5.92 Å². The van der Waals surface area contributed by atoms with Gasteiger partial charge in [0, 0.05) is 25.6 Å². The maximum absolute atomic E-state index is 12.0. The molecule has 0 unspecified atom stereocenters. The van der Waals surface area contributed by atoms with E-state index < -0.39 is 10.0 Å². The number of aromatic nitrogens is 2. The Labute approximate surface area is 130 Å². The molecule has 0 bridgehead atoms. The van der Waals surface area contributed by atoms with Crippen molar-refractivity contribution < 1.29 is 12.9 Å². The third kappa shape index (κ3) is 2.78. The number of sulfonamides is 1. The monoisotopic (exact) mass is 321 g/mol. The number of rotatable bonds is 5. The number of nitrogens with zero attached hydrogens (tertiary/aromatic N) is 3. The molecule has 0 radical (unpaired) electrons. The molecule has 0 aliphatic heterocycles. The molecule has 6 nitrogen and oxygen atoms in total. The summed E-state index contributed by atoms with van der Waals surface area (Å²) in [4.78, 5) is 4.68. The second-order valence-electron chi connectivity index (χ2n) is 5.89. The number of hydrogen-bond donors (Lipinski definition) is 0. The Morgan fingerprint density at radius 1 is 1.23 bits per heavy atom. The van der Waals surface area contributed by atoms with Gasteiger partial charge in [0.25, 0.3) is 0 Å². The SMILES string of the molecule is C[C@@H](c1nc(-c2ccc(S(=O)(=O)N(C)C)cc2)no1)C1CC1. The van der Waals surface area contributed by atoms with Crippen LogP contribution in [-0.2, 0) is 10.0 Å². The van der Waals surface area contributed by atoms with Gasteiger partial charge in [0.15, 0.2) is 0 Å².